The summed E-state index contributed by atoms with van der Waals surface area (Å²) in [6.07, 6.45) is 2.05. The van der Waals surface area contributed by atoms with Crippen LogP contribution in [0.3, 0.4) is 0 Å². The number of anilines is 1. The lowest BCUT2D eigenvalue weighted by atomic mass is 10.0. The second-order valence-electron chi connectivity index (χ2n) is 3.00. The molecule has 3 heteroatoms. The molecule has 0 fully saturated rings. The SMILES string of the molecule is Oc1ccc2c(c1O)NCCC2. The molecule has 3 N–H and O–H groups in total. The van der Waals surface area contributed by atoms with Crippen molar-refractivity contribution in [2.24, 2.45) is 0 Å². The molecule has 1 aliphatic heterocycles. The lowest BCUT2D eigenvalue weighted by molar-refractivity contribution is 0.404. The summed E-state index contributed by atoms with van der Waals surface area (Å²) in [5.41, 5.74) is 1.78. The van der Waals surface area contributed by atoms with Gasteiger partial charge in [-0.1, -0.05) is 6.07 Å². The van der Waals surface area contributed by atoms with Gasteiger partial charge in [-0.3, -0.25) is 0 Å². The second-order valence-corrected chi connectivity index (χ2v) is 3.00. The number of rotatable bonds is 0. The molecule has 0 amide bonds. The number of phenolic OH excluding ortho intramolecular Hbond substituents is 2. The van der Waals surface area contributed by atoms with E-state index in [1.165, 1.54) is 6.07 Å². The van der Waals surface area contributed by atoms with Crippen LogP contribution in [0.2, 0.25) is 0 Å². The first-order valence-corrected chi connectivity index (χ1v) is 4.07. The summed E-state index contributed by atoms with van der Waals surface area (Å²) in [5.74, 6) is -0.0737. The second kappa shape index (κ2) is 2.59. The van der Waals surface area contributed by atoms with Gasteiger partial charge in [0.15, 0.2) is 11.5 Å². The van der Waals surface area contributed by atoms with Gasteiger partial charge in [0.1, 0.15) is 0 Å². The number of hydrogen-bond donors (Lipinski definition) is 3. The summed E-state index contributed by atoms with van der Waals surface area (Å²) in [7, 11) is 0. The van der Waals surface area contributed by atoms with E-state index in [1.807, 2.05) is 6.07 Å². The van der Waals surface area contributed by atoms with Gasteiger partial charge >= 0.3 is 0 Å². The Morgan fingerprint density at radius 3 is 2.92 bits per heavy atom. The van der Waals surface area contributed by atoms with Crippen molar-refractivity contribution >= 4 is 5.69 Å². The topological polar surface area (TPSA) is 52.5 Å². The molecule has 3 nitrogen and oxygen atoms in total. The third kappa shape index (κ3) is 0.978. The van der Waals surface area contributed by atoms with Crippen molar-refractivity contribution in [3.05, 3.63) is 17.7 Å². The monoisotopic (exact) mass is 165 g/mol. The molecule has 1 aromatic carbocycles. The van der Waals surface area contributed by atoms with Gasteiger partial charge in [-0.15, -0.1) is 0 Å². The summed E-state index contributed by atoms with van der Waals surface area (Å²) in [6, 6.07) is 3.37. The Kier molecular flexibility index (Phi) is 1.57. The van der Waals surface area contributed by atoms with Crippen LogP contribution in [0.1, 0.15) is 12.0 Å². The van der Waals surface area contributed by atoms with Gasteiger partial charge in [0.25, 0.3) is 0 Å². The van der Waals surface area contributed by atoms with Crippen molar-refractivity contribution in [1.82, 2.24) is 0 Å². The van der Waals surface area contributed by atoms with Gasteiger partial charge in [0.05, 0.1) is 5.69 Å². The van der Waals surface area contributed by atoms with E-state index < -0.39 is 0 Å². The van der Waals surface area contributed by atoms with Crippen LogP contribution in [0.4, 0.5) is 5.69 Å². The maximum absolute atomic E-state index is 9.43. The van der Waals surface area contributed by atoms with Gasteiger partial charge in [-0.05, 0) is 24.5 Å². The summed E-state index contributed by atoms with van der Waals surface area (Å²) in [5, 5.41) is 21.7. The minimum absolute atomic E-state index is 0.0211. The first kappa shape index (κ1) is 7.28. The zero-order chi connectivity index (χ0) is 8.55. The van der Waals surface area contributed by atoms with Crippen LogP contribution in [0.25, 0.3) is 0 Å². The van der Waals surface area contributed by atoms with Crippen molar-refractivity contribution in [3.63, 3.8) is 0 Å². The Morgan fingerprint density at radius 2 is 2.08 bits per heavy atom. The van der Waals surface area contributed by atoms with Crippen LogP contribution >= 0.6 is 0 Å². The summed E-state index contributed by atoms with van der Waals surface area (Å²) >= 11 is 0. The number of phenols is 2. The zero-order valence-corrected chi connectivity index (χ0v) is 6.67. The minimum Gasteiger partial charge on any atom is -0.504 e. The van der Waals surface area contributed by atoms with Crippen LogP contribution < -0.4 is 5.32 Å². The molecular formula is C9H11NO2. The van der Waals surface area contributed by atoms with Crippen molar-refractivity contribution in [1.29, 1.82) is 0 Å². The zero-order valence-electron chi connectivity index (χ0n) is 6.67. The van der Waals surface area contributed by atoms with Crippen molar-refractivity contribution in [2.45, 2.75) is 12.8 Å². The maximum atomic E-state index is 9.43. The van der Waals surface area contributed by atoms with E-state index in [0.29, 0.717) is 5.69 Å². The summed E-state index contributed by atoms with van der Waals surface area (Å²) in [4.78, 5) is 0. The van der Waals surface area contributed by atoms with Crippen LogP contribution in [-0.2, 0) is 6.42 Å². The fourth-order valence-corrected chi connectivity index (χ4v) is 1.52. The summed E-state index contributed by atoms with van der Waals surface area (Å²) in [6.45, 7) is 0.865. The highest BCUT2D eigenvalue weighted by atomic mass is 16.3. The van der Waals surface area contributed by atoms with Crippen molar-refractivity contribution in [2.75, 3.05) is 11.9 Å². The smallest absolute Gasteiger partial charge is 0.181 e. The third-order valence-electron chi connectivity index (χ3n) is 2.17. The average Bonchev–Trinajstić information content (AvgIpc) is 2.12. The Labute approximate surface area is 70.7 Å². The molecule has 12 heavy (non-hydrogen) atoms. The van der Waals surface area contributed by atoms with E-state index in [1.54, 1.807) is 0 Å². The van der Waals surface area contributed by atoms with Crippen molar-refractivity contribution < 1.29 is 10.2 Å². The van der Waals surface area contributed by atoms with E-state index in [-0.39, 0.29) is 11.5 Å². The fourth-order valence-electron chi connectivity index (χ4n) is 1.52. The average molecular weight is 165 g/mol. The lowest BCUT2D eigenvalue weighted by Crippen LogP contribution is -2.11. The summed E-state index contributed by atoms with van der Waals surface area (Å²) < 4.78 is 0. The first-order valence-electron chi connectivity index (χ1n) is 4.07. The Bertz CT molecular complexity index is 310. The number of hydrogen-bond acceptors (Lipinski definition) is 3. The van der Waals surface area contributed by atoms with Crippen LogP contribution in [-0.4, -0.2) is 16.8 Å². The van der Waals surface area contributed by atoms with Gasteiger partial charge in [0.2, 0.25) is 0 Å². The molecule has 1 heterocycles. The van der Waals surface area contributed by atoms with Gasteiger partial charge in [0, 0.05) is 6.54 Å². The Balaban J connectivity index is 2.54. The standard InChI is InChI=1S/C9H11NO2/c11-7-4-3-6-2-1-5-10-8(6)9(7)12/h3-4,10-12H,1-2,5H2. The van der Waals surface area contributed by atoms with Gasteiger partial charge in [-0.25, -0.2) is 0 Å². The normalized spacial score (nSPS) is 15.0. The molecule has 0 saturated heterocycles. The van der Waals surface area contributed by atoms with Crippen molar-refractivity contribution in [3.8, 4) is 11.5 Å². The molecule has 0 spiro atoms. The van der Waals surface area contributed by atoms with E-state index in [4.69, 9.17) is 0 Å². The molecule has 0 saturated carbocycles. The predicted octanol–water partition coefficient (Wildman–Crippen LogP) is 1.46. The van der Waals surface area contributed by atoms with E-state index >= 15 is 0 Å². The molecule has 0 atom stereocenters. The Hall–Kier alpha value is -1.38. The highest BCUT2D eigenvalue weighted by Crippen LogP contribution is 2.37. The molecule has 0 radical (unpaired) electrons. The molecule has 0 bridgehead atoms. The Morgan fingerprint density at radius 1 is 1.25 bits per heavy atom. The number of fused-ring (bicyclic) bond motifs is 1. The highest BCUT2D eigenvalue weighted by Gasteiger charge is 2.14. The highest BCUT2D eigenvalue weighted by molar-refractivity contribution is 5.67. The molecule has 64 valence electrons. The number of nitrogens with one attached hydrogen (secondary N) is 1. The number of benzene rings is 1. The first-order chi connectivity index (χ1) is 5.79. The van der Waals surface area contributed by atoms with Crippen LogP contribution in [0.5, 0.6) is 11.5 Å². The predicted molar refractivity (Wildman–Crippen MR) is 46.6 cm³/mol. The molecule has 0 aliphatic carbocycles. The third-order valence-corrected chi connectivity index (χ3v) is 2.17. The van der Waals surface area contributed by atoms with E-state index in [9.17, 15) is 10.2 Å². The molecule has 1 aromatic rings. The lowest BCUT2D eigenvalue weighted by Gasteiger charge is -2.18. The van der Waals surface area contributed by atoms with Crippen LogP contribution in [0, 0.1) is 0 Å². The van der Waals surface area contributed by atoms with E-state index in [0.717, 1.165) is 24.9 Å². The fraction of sp³-hybridized carbons (Fsp3) is 0.333. The van der Waals surface area contributed by atoms with Gasteiger partial charge in [-0.2, -0.15) is 0 Å². The quantitative estimate of drug-likeness (QED) is 0.510. The maximum Gasteiger partial charge on any atom is 0.181 e. The van der Waals surface area contributed by atoms with E-state index in [2.05, 4.69) is 5.32 Å². The largest absolute Gasteiger partial charge is 0.504 e. The van der Waals surface area contributed by atoms with Crippen LogP contribution in [0.15, 0.2) is 12.1 Å². The van der Waals surface area contributed by atoms with Gasteiger partial charge < -0.3 is 15.5 Å². The number of aromatic hydroxyl groups is 2. The molecular weight excluding hydrogens is 154 g/mol. The minimum atomic E-state index is -0.0526. The molecule has 2 rings (SSSR count). The molecule has 1 aliphatic rings. The number of aryl methyl sites for hydroxylation is 1. The molecule has 0 unspecified atom stereocenters. The molecule has 0 aromatic heterocycles.